The molecule has 7 heteroatoms. The van der Waals surface area contributed by atoms with E-state index >= 15 is 0 Å². The van der Waals surface area contributed by atoms with Gasteiger partial charge in [0, 0.05) is 24.2 Å². The van der Waals surface area contributed by atoms with Gasteiger partial charge in [0.1, 0.15) is 0 Å². The lowest BCUT2D eigenvalue weighted by Gasteiger charge is -2.13. The maximum Gasteiger partial charge on any atom is 0.241 e. The summed E-state index contributed by atoms with van der Waals surface area (Å²) >= 11 is 0. The standard InChI is InChI=1S/C12H15N3O3S/c1-9(8-13)15-19(16,17)12-5-3-2-4-10(12)11-6-7-14-18-11/h2-7,9,15H,8,13H2,1H3/t9-/m0/s1. The summed E-state index contributed by atoms with van der Waals surface area (Å²) in [5.74, 6) is 0.404. The second-order valence-corrected chi connectivity index (χ2v) is 5.81. The third kappa shape index (κ3) is 3.01. The van der Waals surface area contributed by atoms with Crippen LogP contribution in [0.4, 0.5) is 0 Å². The van der Waals surface area contributed by atoms with Crippen LogP contribution in [0.2, 0.25) is 0 Å². The molecule has 0 saturated heterocycles. The van der Waals surface area contributed by atoms with Gasteiger partial charge in [-0.05, 0) is 19.1 Å². The fraction of sp³-hybridized carbons (Fsp3) is 0.250. The lowest BCUT2D eigenvalue weighted by atomic mass is 10.2. The molecule has 1 aromatic heterocycles. The Morgan fingerprint density at radius 3 is 2.74 bits per heavy atom. The van der Waals surface area contributed by atoms with Crippen LogP contribution in [-0.4, -0.2) is 26.2 Å². The molecule has 0 fully saturated rings. The van der Waals surface area contributed by atoms with Gasteiger partial charge in [0.2, 0.25) is 10.0 Å². The fourth-order valence-electron chi connectivity index (χ4n) is 1.64. The molecule has 102 valence electrons. The molecule has 2 aromatic rings. The summed E-state index contributed by atoms with van der Waals surface area (Å²) in [4.78, 5) is 0.145. The van der Waals surface area contributed by atoms with Crippen LogP contribution in [0.25, 0.3) is 11.3 Å². The van der Waals surface area contributed by atoms with Crippen LogP contribution in [0.5, 0.6) is 0 Å². The number of hydrogen-bond acceptors (Lipinski definition) is 5. The minimum Gasteiger partial charge on any atom is -0.356 e. The molecule has 0 radical (unpaired) electrons. The molecule has 3 N–H and O–H groups in total. The van der Waals surface area contributed by atoms with Gasteiger partial charge in [0.15, 0.2) is 5.76 Å². The van der Waals surface area contributed by atoms with Gasteiger partial charge in [0.25, 0.3) is 0 Å². The Morgan fingerprint density at radius 1 is 1.37 bits per heavy atom. The number of nitrogens with zero attached hydrogens (tertiary/aromatic N) is 1. The molecule has 0 aliphatic heterocycles. The Morgan fingerprint density at radius 2 is 2.11 bits per heavy atom. The molecule has 1 aromatic carbocycles. The summed E-state index contributed by atoms with van der Waals surface area (Å²) in [6, 6.07) is 7.85. The number of hydrogen-bond donors (Lipinski definition) is 2. The van der Waals surface area contributed by atoms with Crippen LogP contribution in [0.15, 0.2) is 45.9 Å². The average Bonchev–Trinajstić information content (AvgIpc) is 2.92. The molecule has 0 unspecified atom stereocenters. The zero-order valence-electron chi connectivity index (χ0n) is 10.4. The van der Waals surface area contributed by atoms with Gasteiger partial charge in [-0.2, -0.15) is 0 Å². The zero-order valence-corrected chi connectivity index (χ0v) is 11.2. The van der Waals surface area contributed by atoms with Crippen molar-refractivity contribution < 1.29 is 12.9 Å². The Hall–Kier alpha value is -1.70. The molecule has 0 saturated carbocycles. The first-order chi connectivity index (χ1) is 9.04. The third-order valence-electron chi connectivity index (χ3n) is 2.59. The van der Waals surface area contributed by atoms with Gasteiger partial charge >= 0.3 is 0 Å². The van der Waals surface area contributed by atoms with Crippen molar-refractivity contribution in [2.45, 2.75) is 17.9 Å². The van der Waals surface area contributed by atoms with E-state index in [9.17, 15) is 8.42 Å². The fourth-order valence-corrected chi connectivity index (χ4v) is 3.10. The molecular weight excluding hydrogens is 266 g/mol. The van der Waals surface area contributed by atoms with Crippen LogP contribution >= 0.6 is 0 Å². The number of nitrogens with two attached hydrogens (primary N) is 1. The lowest BCUT2D eigenvalue weighted by Crippen LogP contribution is -2.37. The largest absolute Gasteiger partial charge is 0.356 e. The molecule has 19 heavy (non-hydrogen) atoms. The van der Waals surface area contributed by atoms with Crippen molar-refractivity contribution in [3.05, 3.63) is 36.5 Å². The van der Waals surface area contributed by atoms with Crippen LogP contribution in [0, 0.1) is 0 Å². The summed E-state index contributed by atoms with van der Waals surface area (Å²) < 4.78 is 32.1. The van der Waals surface area contributed by atoms with E-state index in [1.54, 1.807) is 31.2 Å². The van der Waals surface area contributed by atoms with Crippen LogP contribution < -0.4 is 10.5 Å². The van der Waals surface area contributed by atoms with E-state index in [1.165, 1.54) is 12.3 Å². The first-order valence-electron chi connectivity index (χ1n) is 5.77. The number of nitrogens with one attached hydrogen (secondary N) is 1. The Kier molecular flexibility index (Phi) is 3.98. The second kappa shape index (κ2) is 5.52. The van der Waals surface area contributed by atoms with Crippen molar-refractivity contribution in [3.63, 3.8) is 0 Å². The predicted molar refractivity (Wildman–Crippen MR) is 70.8 cm³/mol. The van der Waals surface area contributed by atoms with Gasteiger partial charge in [0.05, 0.1) is 11.1 Å². The van der Waals surface area contributed by atoms with E-state index in [-0.39, 0.29) is 17.5 Å². The highest BCUT2D eigenvalue weighted by Gasteiger charge is 2.22. The highest BCUT2D eigenvalue weighted by Crippen LogP contribution is 2.26. The van der Waals surface area contributed by atoms with E-state index in [2.05, 4.69) is 9.88 Å². The van der Waals surface area contributed by atoms with Crippen LogP contribution in [-0.2, 0) is 10.0 Å². The molecule has 0 aliphatic rings. The van der Waals surface area contributed by atoms with Gasteiger partial charge in [-0.15, -0.1) is 0 Å². The van der Waals surface area contributed by atoms with Gasteiger partial charge in [-0.1, -0.05) is 17.3 Å². The first kappa shape index (κ1) is 13.7. The van der Waals surface area contributed by atoms with E-state index < -0.39 is 10.0 Å². The summed E-state index contributed by atoms with van der Waals surface area (Å²) in [6.07, 6.45) is 1.47. The second-order valence-electron chi connectivity index (χ2n) is 4.13. The minimum absolute atomic E-state index is 0.145. The summed E-state index contributed by atoms with van der Waals surface area (Å²) in [5, 5.41) is 3.59. The zero-order chi connectivity index (χ0) is 13.9. The maximum atomic E-state index is 12.3. The summed E-state index contributed by atoms with van der Waals surface area (Å²) in [7, 11) is -3.65. The highest BCUT2D eigenvalue weighted by atomic mass is 32.2. The number of sulfonamides is 1. The van der Waals surface area contributed by atoms with E-state index in [0.717, 1.165) is 0 Å². The number of rotatable bonds is 5. The quantitative estimate of drug-likeness (QED) is 0.850. The van der Waals surface area contributed by atoms with Gasteiger partial charge in [-0.3, -0.25) is 0 Å². The summed E-state index contributed by atoms with van der Waals surface area (Å²) in [6.45, 7) is 1.93. The van der Waals surface area contributed by atoms with Crippen LogP contribution in [0.1, 0.15) is 6.92 Å². The smallest absolute Gasteiger partial charge is 0.241 e. The Bertz CT molecular complexity index is 638. The first-order valence-corrected chi connectivity index (χ1v) is 7.25. The monoisotopic (exact) mass is 281 g/mol. The van der Waals surface area contributed by atoms with Crippen LogP contribution in [0.3, 0.4) is 0 Å². The van der Waals surface area contributed by atoms with Crippen molar-refractivity contribution in [1.82, 2.24) is 9.88 Å². The minimum atomic E-state index is -3.65. The molecule has 0 bridgehead atoms. The molecule has 1 heterocycles. The van der Waals surface area contributed by atoms with Gasteiger partial charge in [-0.25, -0.2) is 13.1 Å². The van der Waals surface area contributed by atoms with Crippen molar-refractivity contribution in [3.8, 4) is 11.3 Å². The molecule has 0 amide bonds. The molecular formula is C12H15N3O3S. The molecule has 2 rings (SSSR count). The summed E-state index contributed by atoms with van der Waals surface area (Å²) in [5.41, 5.74) is 5.90. The Labute approximate surface area is 111 Å². The normalized spacial score (nSPS) is 13.4. The van der Waals surface area contributed by atoms with Gasteiger partial charge < -0.3 is 10.3 Å². The molecule has 0 spiro atoms. The maximum absolute atomic E-state index is 12.3. The van der Waals surface area contributed by atoms with Crippen molar-refractivity contribution in [1.29, 1.82) is 0 Å². The molecule has 1 atom stereocenters. The number of aromatic nitrogens is 1. The molecule has 0 aliphatic carbocycles. The van der Waals surface area contributed by atoms with Crippen molar-refractivity contribution >= 4 is 10.0 Å². The molecule has 6 nitrogen and oxygen atoms in total. The Balaban J connectivity index is 2.46. The SMILES string of the molecule is C[C@@H](CN)NS(=O)(=O)c1ccccc1-c1ccno1. The van der Waals surface area contributed by atoms with Crippen molar-refractivity contribution in [2.75, 3.05) is 6.54 Å². The highest BCUT2D eigenvalue weighted by molar-refractivity contribution is 7.89. The average molecular weight is 281 g/mol. The predicted octanol–water partition coefficient (Wildman–Crippen LogP) is 0.967. The van der Waals surface area contributed by atoms with E-state index in [4.69, 9.17) is 10.3 Å². The van der Waals surface area contributed by atoms with E-state index in [1.807, 2.05) is 0 Å². The number of benzene rings is 1. The van der Waals surface area contributed by atoms with Crippen molar-refractivity contribution in [2.24, 2.45) is 5.73 Å². The third-order valence-corrected chi connectivity index (χ3v) is 4.24. The van der Waals surface area contributed by atoms with E-state index in [0.29, 0.717) is 11.3 Å². The lowest BCUT2D eigenvalue weighted by molar-refractivity contribution is 0.431. The topological polar surface area (TPSA) is 98.2 Å².